The predicted molar refractivity (Wildman–Crippen MR) is 134 cm³/mol. The highest BCUT2D eigenvalue weighted by Crippen LogP contribution is 2.42. The number of hydrogen-bond acceptors (Lipinski definition) is 6. The number of pyridine rings is 1. The molecule has 0 spiro atoms. The summed E-state index contributed by atoms with van der Waals surface area (Å²) in [5.41, 5.74) is 7.08. The lowest BCUT2D eigenvalue weighted by molar-refractivity contribution is -0.113. The fourth-order valence-corrected chi connectivity index (χ4v) is 6.50. The van der Waals surface area contributed by atoms with Gasteiger partial charge in [-0.15, -0.1) is 11.3 Å². The van der Waals surface area contributed by atoms with E-state index in [1.54, 1.807) is 17.7 Å². The Morgan fingerprint density at radius 3 is 2.88 bits per heavy atom. The van der Waals surface area contributed by atoms with Crippen LogP contribution in [0.3, 0.4) is 0 Å². The number of para-hydroxylation sites is 1. The van der Waals surface area contributed by atoms with E-state index in [2.05, 4.69) is 22.2 Å². The maximum Gasteiger partial charge on any atom is 0.234 e. The maximum atomic E-state index is 12.6. The third-order valence-electron chi connectivity index (χ3n) is 6.05. The Labute approximate surface area is 196 Å². The van der Waals surface area contributed by atoms with Gasteiger partial charge in [0.1, 0.15) is 16.2 Å². The van der Waals surface area contributed by atoms with Gasteiger partial charge in [0.05, 0.1) is 16.0 Å². The number of fused-ring (bicyclic) bond motifs is 5. The van der Waals surface area contributed by atoms with Crippen LogP contribution in [-0.4, -0.2) is 26.6 Å². The first-order valence-electron chi connectivity index (χ1n) is 11.2. The van der Waals surface area contributed by atoms with Gasteiger partial charge in [-0.1, -0.05) is 43.3 Å². The second-order valence-corrected chi connectivity index (χ2v) is 10.2. The Balaban J connectivity index is 1.45. The van der Waals surface area contributed by atoms with Crippen molar-refractivity contribution in [3.05, 3.63) is 53.0 Å². The van der Waals surface area contributed by atoms with Crippen molar-refractivity contribution in [3.8, 4) is 0 Å². The number of rotatable bonds is 7. The zero-order valence-electron chi connectivity index (χ0n) is 18.4. The molecule has 5 nitrogen and oxygen atoms in total. The minimum absolute atomic E-state index is 0.0296. The number of benzene rings is 1. The van der Waals surface area contributed by atoms with E-state index in [-0.39, 0.29) is 5.91 Å². The van der Waals surface area contributed by atoms with Crippen molar-refractivity contribution < 1.29 is 4.79 Å². The Morgan fingerprint density at radius 1 is 1.19 bits per heavy atom. The summed E-state index contributed by atoms with van der Waals surface area (Å²) in [7, 11) is 0. The smallest absolute Gasteiger partial charge is 0.234 e. The summed E-state index contributed by atoms with van der Waals surface area (Å²) in [6.07, 6.45) is 8.45. The third kappa shape index (κ3) is 3.99. The number of aryl methyl sites for hydroxylation is 3. The van der Waals surface area contributed by atoms with Crippen molar-refractivity contribution >= 4 is 55.1 Å². The highest BCUT2D eigenvalue weighted by atomic mass is 32.2. The van der Waals surface area contributed by atoms with Crippen molar-refractivity contribution in [1.29, 1.82) is 0 Å². The zero-order valence-corrected chi connectivity index (χ0v) is 20.0. The summed E-state index contributed by atoms with van der Waals surface area (Å²) >= 11 is 3.14. The van der Waals surface area contributed by atoms with Gasteiger partial charge in [0.25, 0.3) is 0 Å². The number of unbranched alkanes of at least 4 members (excludes halogenated alkanes) is 1. The van der Waals surface area contributed by atoms with E-state index in [0.717, 1.165) is 50.6 Å². The standard InChI is InChI=1S/C25H26N4OS2/c1-3-4-11-19-16-9-7-10-17(16)21-22-23(32-24(21)29-19)25(27-14-26-22)31-13-20(30)28-18-12-6-5-8-15(18)2/h5-6,8,12,14H,3-4,7,9-11,13H2,1-2H3,(H,28,30). The first-order chi connectivity index (χ1) is 15.7. The lowest BCUT2D eigenvalue weighted by Crippen LogP contribution is -2.14. The third-order valence-corrected chi connectivity index (χ3v) is 8.25. The Hall–Kier alpha value is -2.51. The van der Waals surface area contributed by atoms with Gasteiger partial charge in [0.15, 0.2) is 0 Å². The largest absolute Gasteiger partial charge is 0.325 e. The fraction of sp³-hybridized carbons (Fsp3) is 0.360. The summed E-state index contributed by atoms with van der Waals surface area (Å²) in [4.78, 5) is 27.9. The molecule has 0 radical (unpaired) electrons. The summed E-state index contributed by atoms with van der Waals surface area (Å²) < 4.78 is 1.05. The molecule has 5 rings (SSSR count). The fourth-order valence-electron chi connectivity index (χ4n) is 4.44. The second kappa shape index (κ2) is 9.16. The molecule has 164 valence electrons. The van der Waals surface area contributed by atoms with Gasteiger partial charge >= 0.3 is 0 Å². The van der Waals surface area contributed by atoms with Crippen molar-refractivity contribution in [1.82, 2.24) is 15.0 Å². The average molecular weight is 463 g/mol. The van der Waals surface area contributed by atoms with Crippen LogP contribution in [0.1, 0.15) is 48.6 Å². The SMILES string of the molecule is CCCCc1nc2sc3c(SCC(=O)Nc4ccccc4C)ncnc3c2c2c1CCC2. The molecular weight excluding hydrogens is 436 g/mol. The molecule has 0 bridgehead atoms. The monoisotopic (exact) mass is 462 g/mol. The molecular formula is C25H26N4OS2. The Bertz CT molecular complexity index is 1310. The molecule has 7 heteroatoms. The second-order valence-electron chi connectivity index (χ2n) is 8.26. The molecule has 0 fully saturated rings. The van der Waals surface area contributed by atoms with Gasteiger partial charge in [0, 0.05) is 16.8 Å². The van der Waals surface area contributed by atoms with Crippen molar-refractivity contribution in [2.75, 3.05) is 11.1 Å². The Morgan fingerprint density at radius 2 is 2.03 bits per heavy atom. The topological polar surface area (TPSA) is 67.8 Å². The van der Waals surface area contributed by atoms with Crippen LogP contribution in [0.25, 0.3) is 20.4 Å². The van der Waals surface area contributed by atoms with Gasteiger partial charge in [-0.05, 0) is 61.8 Å². The van der Waals surface area contributed by atoms with Crippen LogP contribution in [0.2, 0.25) is 0 Å². The highest BCUT2D eigenvalue weighted by Gasteiger charge is 2.24. The van der Waals surface area contributed by atoms with Gasteiger partial charge in [-0.25, -0.2) is 15.0 Å². The van der Waals surface area contributed by atoms with Crippen LogP contribution < -0.4 is 5.32 Å². The maximum absolute atomic E-state index is 12.6. The number of thiophene rings is 1. The van der Waals surface area contributed by atoms with E-state index in [1.807, 2.05) is 31.2 Å². The van der Waals surface area contributed by atoms with E-state index < -0.39 is 0 Å². The predicted octanol–water partition coefficient (Wildman–Crippen LogP) is 6.11. The number of nitrogens with one attached hydrogen (secondary N) is 1. The lowest BCUT2D eigenvalue weighted by Gasteiger charge is -2.08. The van der Waals surface area contributed by atoms with Crippen LogP contribution in [0.15, 0.2) is 35.6 Å². The summed E-state index contributed by atoms with van der Waals surface area (Å²) in [5.74, 6) is 0.278. The molecule has 3 heterocycles. The molecule has 1 aliphatic carbocycles. The first kappa shape index (κ1) is 21.3. The summed E-state index contributed by atoms with van der Waals surface area (Å²) in [5, 5.41) is 5.08. The summed E-state index contributed by atoms with van der Waals surface area (Å²) in [6.45, 7) is 4.22. The van der Waals surface area contributed by atoms with E-state index in [0.29, 0.717) is 5.75 Å². The van der Waals surface area contributed by atoms with Gasteiger partial charge in [0.2, 0.25) is 5.91 Å². The number of aromatic nitrogens is 3. The summed E-state index contributed by atoms with van der Waals surface area (Å²) in [6, 6.07) is 7.82. The van der Waals surface area contributed by atoms with Crippen molar-refractivity contribution in [3.63, 3.8) is 0 Å². The molecule has 1 N–H and O–H groups in total. The molecule has 0 atom stereocenters. The minimum atomic E-state index is -0.0296. The molecule has 1 aromatic carbocycles. The van der Waals surface area contributed by atoms with E-state index >= 15 is 0 Å². The molecule has 0 unspecified atom stereocenters. The van der Waals surface area contributed by atoms with E-state index in [4.69, 9.17) is 4.98 Å². The minimum Gasteiger partial charge on any atom is -0.325 e. The molecule has 4 aromatic rings. The number of amides is 1. The number of carbonyl (C=O) groups excluding carboxylic acids is 1. The van der Waals surface area contributed by atoms with Gasteiger partial charge < -0.3 is 5.32 Å². The van der Waals surface area contributed by atoms with Crippen LogP contribution in [0.4, 0.5) is 5.69 Å². The molecule has 0 saturated carbocycles. The van der Waals surface area contributed by atoms with Crippen LogP contribution in [-0.2, 0) is 24.1 Å². The van der Waals surface area contributed by atoms with Crippen LogP contribution in [0.5, 0.6) is 0 Å². The normalized spacial score (nSPS) is 13.1. The molecule has 1 aliphatic rings. The molecule has 0 saturated heterocycles. The number of hydrogen-bond donors (Lipinski definition) is 1. The number of nitrogens with zero attached hydrogens (tertiary/aromatic N) is 3. The van der Waals surface area contributed by atoms with E-state index in [1.165, 1.54) is 53.2 Å². The number of carbonyl (C=O) groups is 1. The lowest BCUT2D eigenvalue weighted by atomic mass is 10.0. The van der Waals surface area contributed by atoms with Crippen molar-refractivity contribution in [2.24, 2.45) is 0 Å². The first-order valence-corrected chi connectivity index (χ1v) is 13.0. The average Bonchev–Trinajstić information content (AvgIpc) is 3.42. The van der Waals surface area contributed by atoms with Gasteiger partial charge in [-0.2, -0.15) is 0 Å². The quantitative estimate of drug-likeness (QED) is 0.265. The molecule has 32 heavy (non-hydrogen) atoms. The molecule has 0 aliphatic heterocycles. The number of thioether (sulfide) groups is 1. The molecule has 3 aromatic heterocycles. The van der Waals surface area contributed by atoms with Crippen LogP contribution >= 0.6 is 23.1 Å². The Kier molecular flexibility index (Phi) is 6.11. The van der Waals surface area contributed by atoms with Crippen molar-refractivity contribution in [2.45, 2.75) is 57.4 Å². The number of anilines is 1. The van der Waals surface area contributed by atoms with Crippen LogP contribution in [0, 0.1) is 6.92 Å². The van der Waals surface area contributed by atoms with E-state index in [9.17, 15) is 4.79 Å². The molecule has 1 amide bonds. The van der Waals surface area contributed by atoms with Gasteiger partial charge in [-0.3, -0.25) is 4.79 Å². The zero-order chi connectivity index (χ0) is 22.1. The highest BCUT2D eigenvalue weighted by molar-refractivity contribution is 8.00.